The molecule has 0 spiro atoms. The van der Waals surface area contributed by atoms with Gasteiger partial charge >= 0.3 is 0 Å². The number of amides is 1. The summed E-state index contributed by atoms with van der Waals surface area (Å²) in [6.45, 7) is 5.14. The van der Waals surface area contributed by atoms with E-state index >= 15 is 0 Å². The summed E-state index contributed by atoms with van der Waals surface area (Å²) in [5.74, 6) is 1.28. The fourth-order valence-corrected chi connectivity index (χ4v) is 4.81. The summed E-state index contributed by atoms with van der Waals surface area (Å²) in [4.78, 5) is 15.0. The van der Waals surface area contributed by atoms with Gasteiger partial charge in [-0.25, -0.2) is 4.68 Å². The van der Waals surface area contributed by atoms with Gasteiger partial charge in [-0.2, -0.15) is 5.10 Å². The lowest BCUT2D eigenvalue weighted by molar-refractivity contribution is -0.121. The maximum atomic E-state index is 12.9. The van der Waals surface area contributed by atoms with Crippen LogP contribution in [0.25, 0.3) is 23.0 Å². The van der Waals surface area contributed by atoms with Gasteiger partial charge in [-0.1, -0.05) is 48.3 Å². The number of ether oxygens (including phenoxy) is 2. The normalized spacial score (nSPS) is 16.6. The summed E-state index contributed by atoms with van der Waals surface area (Å²) in [7, 11) is 0. The van der Waals surface area contributed by atoms with E-state index in [2.05, 4.69) is 6.58 Å². The zero-order valence-corrected chi connectivity index (χ0v) is 18.7. The summed E-state index contributed by atoms with van der Waals surface area (Å²) in [6.07, 6.45) is 5.43. The fraction of sp³-hybridized carbons (Fsp3) is 0.125. The quantitative estimate of drug-likeness (QED) is 0.312. The molecule has 8 heteroatoms. The number of thiocarbonyl (C=S) groups is 1. The van der Waals surface area contributed by atoms with Crippen LogP contribution < -0.4 is 9.47 Å². The van der Waals surface area contributed by atoms with Crippen molar-refractivity contribution >= 4 is 40.3 Å². The number of carbonyl (C=O) groups is 1. The molecule has 1 saturated heterocycles. The van der Waals surface area contributed by atoms with Crippen molar-refractivity contribution in [2.24, 2.45) is 0 Å². The van der Waals surface area contributed by atoms with Gasteiger partial charge in [-0.05, 0) is 36.4 Å². The van der Waals surface area contributed by atoms with Gasteiger partial charge in [0.2, 0.25) is 0 Å². The molecule has 0 unspecified atom stereocenters. The standard InChI is InChI=1S/C24H19N3O3S2/c1-2-10-26-23(28)21(32-24(26)31)14-17-15-27(18-6-4-3-5-7-18)25-22(17)16-8-9-19-20(13-16)30-12-11-29-19/h2-9,13-15H,1,10-12H2/b21-14-. The number of benzene rings is 2. The maximum Gasteiger partial charge on any atom is 0.266 e. The second kappa shape index (κ2) is 8.64. The molecule has 1 amide bonds. The predicted octanol–water partition coefficient (Wildman–Crippen LogP) is 4.70. The Bertz CT molecular complexity index is 1250. The van der Waals surface area contributed by atoms with Crippen LogP contribution in [0.4, 0.5) is 0 Å². The molecule has 0 saturated carbocycles. The number of fused-ring (bicyclic) bond motifs is 1. The summed E-state index contributed by atoms with van der Waals surface area (Å²) < 4.78 is 13.7. The van der Waals surface area contributed by atoms with Crippen LogP contribution in [0, 0.1) is 0 Å². The van der Waals surface area contributed by atoms with Crippen LogP contribution in [0.3, 0.4) is 0 Å². The monoisotopic (exact) mass is 461 g/mol. The van der Waals surface area contributed by atoms with E-state index in [0.29, 0.717) is 40.5 Å². The van der Waals surface area contributed by atoms with Crippen molar-refractivity contribution in [3.63, 3.8) is 0 Å². The van der Waals surface area contributed by atoms with E-state index < -0.39 is 0 Å². The second-order valence-electron chi connectivity index (χ2n) is 7.15. The smallest absolute Gasteiger partial charge is 0.266 e. The van der Waals surface area contributed by atoms with Gasteiger partial charge in [0.1, 0.15) is 23.2 Å². The number of carbonyl (C=O) groups excluding carboxylic acids is 1. The Morgan fingerprint density at radius 2 is 1.91 bits per heavy atom. The average molecular weight is 462 g/mol. The van der Waals surface area contributed by atoms with E-state index in [1.165, 1.54) is 11.8 Å². The lowest BCUT2D eigenvalue weighted by atomic mass is 10.1. The van der Waals surface area contributed by atoms with Crippen molar-refractivity contribution in [1.82, 2.24) is 14.7 Å². The number of rotatable bonds is 5. The highest BCUT2D eigenvalue weighted by atomic mass is 32.2. The highest BCUT2D eigenvalue weighted by Gasteiger charge is 2.31. The summed E-state index contributed by atoms with van der Waals surface area (Å²) in [6, 6.07) is 15.6. The Hall–Kier alpha value is -3.36. The van der Waals surface area contributed by atoms with Crippen LogP contribution in [0.15, 0.2) is 72.3 Å². The van der Waals surface area contributed by atoms with Crippen LogP contribution >= 0.6 is 24.0 Å². The molecule has 3 heterocycles. The van der Waals surface area contributed by atoms with E-state index in [-0.39, 0.29) is 5.91 Å². The molecular formula is C24H19N3O3S2. The summed E-state index contributed by atoms with van der Waals surface area (Å²) in [5.41, 5.74) is 3.34. The van der Waals surface area contributed by atoms with Gasteiger partial charge in [0.05, 0.1) is 10.6 Å². The van der Waals surface area contributed by atoms with E-state index in [4.69, 9.17) is 26.8 Å². The van der Waals surface area contributed by atoms with Gasteiger partial charge < -0.3 is 9.47 Å². The molecule has 0 radical (unpaired) electrons. The molecule has 6 nitrogen and oxygen atoms in total. The number of thioether (sulfide) groups is 1. The lowest BCUT2D eigenvalue weighted by Gasteiger charge is -2.18. The number of hydrogen-bond donors (Lipinski definition) is 0. The summed E-state index contributed by atoms with van der Waals surface area (Å²) >= 11 is 6.67. The molecule has 2 aromatic carbocycles. The molecule has 2 aliphatic rings. The van der Waals surface area contributed by atoms with Crippen molar-refractivity contribution in [3.8, 4) is 28.4 Å². The molecule has 0 N–H and O–H groups in total. The molecule has 0 bridgehead atoms. The first-order valence-electron chi connectivity index (χ1n) is 10.1. The number of aromatic nitrogens is 2. The molecule has 1 fully saturated rings. The SMILES string of the molecule is C=CCN1C(=O)/C(=C/c2cn(-c3ccccc3)nc2-c2ccc3c(c2)OCCO3)SC1=S. The van der Waals surface area contributed by atoms with Crippen molar-refractivity contribution in [1.29, 1.82) is 0 Å². The fourth-order valence-electron chi connectivity index (χ4n) is 3.55. The van der Waals surface area contributed by atoms with Crippen molar-refractivity contribution in [2.45, 2.75) is 0 Å². The van der Waals surface area contributed by atoms with E-state index in [9.17, 15) is 4.79 Å². The average Bonchev–Trinajstić information content (AvgIpc) is 3.36. The van der Waals surface area contributed by atoms with Crippen LogP contribution in [0.1, 0.15) is 5.56 Å². The number of hydrogen-bond acceptors (Lipinski definition) is 6. The first-order valence-corrected chi connectivity index (χ1v) is 11.3. The molecule has 32 heavy (non-hydrogen) atoms. The first-order chi connectivity index (χ1) is 15.6. The Labute approximate surface area is 195 Å². The minimum Gasteiger partial charge on any atom is -0.486 e. The zero-order chi connectivity index (χ0) is 22.1. The van der Waals surface area contributed by atoms with E-state index in [0.717, 1.165) is 22.5 Å². The molecule has 1 aromatic heterocycles. The molecule has 3 aromatic rings. The Morgan fingerprint density at radius 3 is 2.69 bits per heavy atom. The van der Waals surface area contributed by atoms with Crippen LogP contribution in [0.5, 0.6) is 11.5 Å². The van der Waals surface area contributed by atoms with Gasteiger partial charge in [-0.3, -0.25) is 9.69 Å². The summed E-state index contributed by atoms with van der Waals surface area (Å²) in [5, 5.41) is 4.83. The highest BCUT2D eigenvalue weighted by molar-refractivity contribution is 8.26. The number of para-hydroxylation sites is 1. The minimum absolute atomic E-state index is 0.125. The molecule has 2 aliphatic heterocycles. The zero-order valence-electron chi connectivity index (χ0n) is 17.1. The molecule has 0 atom stereocenters. The third-order valence-corrected chi connectivity index (χ3v) is 6.43. The third-order valence-electron chi connectivity index (χ3n) is 5.05. The van der Waals surface area contributed by atoms with E-state index in [1.54, 1.807) is 11.0 Å². The molecule has 0 aliphatic carbocycles. The molecular weight excluding hydrogens is 442 g/mol. The third kappa shape index (κ3) is 3.83. The lowest BCUT2D eigenvalue weighted by Crippen LogP contribution is -2.27. The topological polar surface area (TPSA) is 56.6 Å². The van der Waals surface area contributed by atoms with Crippen LogP contribution in [-0.4, -0.2) is 44.7 Å². The van der Waals surface area contributed by atoms with Gasteiger partial charge in [0.15, 0.2) is 11.5 Å². The largest absolute Gasteiger partial charge is 0.486 e. The van der Waals surface area contributed by atoms with Crippen molar-refractivity contribution in [3.05, 3.63) is 77.9 Å². The minimum atomic E-state index is -0.125. The van der Waals surface area contributed by atoms with Crippen LogP contribution in [0.2, 0.25) is 0 Å². The maximum absolute atomic E-state index is 12.9. The highest BCUT2D eigenvalue weighted by Crippen LogP contribution is 2.38. The second-order valence-corrected chi connectivity index (χ2v) is 8.83. The number of nitrogens with zero attached hydrogens (tertiary/aromatic N) is 3. The first kappa shape index (κ1) is 20.5. The van der Waals surface area contributed by atoms with Gasteiger partial charge in [0.25, 0.3) is 5.91 Å². The Kier molecular flexibility index (Phi) is 5.55. The Balaban J connectivity index is 1.60. The Morgan fingerprint density at radius 1 is 1.12 bits per heavy atom. The molecule has 5 rings (SSSR count). The molecule has 160 valence electrons. The van der Waals surface area contributed by atoms with E-state index in [1.807, 2.05) is 65.5 Å². The van der Waals surface area contributed by atoms with Crippen molar-refractivity contribution in [2.75, 3.05) is 19.8 Å². The van der Waals surface area contributed by atoms with Gasteiger partial charge in [-0.15, -0.1) is 6.58 Å². The van der Waals surface area contributed by atoms with Crippen LogP contribution in [-0.2, 0) is 4.79 Å². The van der Waals surface area contributed by atoms with Crippen molar-refractivity contribution < 1.29 is 14.3 Å². The van der Waals surface area contributed by atoms with Gasteiger partial charge in [0, 0.05) is 23.9 Å². The predicted molar refractivity (Wildman–Crippen MR) is 130 cm³/mol.